The summed E-state index contributed by atoms with van der Waals surface area (Å²) in [7, 11) is 0. The molecular weight excluding hydrogens is 228 g/mol. The summed E-state index contributed by atoms with van der Waals surface area (Å²) in [6.45, 7) is 6.10. The summed E-state index contributed by atoms with van der Waals surface area (Å²) >= 11 is 0. The van der Waals surface area contributed by atoms with E-state index in [1.54, 1.807) is 0 Å². The number of hydrogen-bond donors (Lipinski definition) is 0. The molecule has 0 aliphatic heterocycles. The van der Waals surface area contributed by atoms with Gasteiger partial charge in [-0.15, -0.1) is 6.58 Å². The zero-order chi connectivity index (χ0) is 13.5. The molecule has 0 aromatic heterocycles. The quantitative estimate of drug-likeness (QED) is 0.634. The van der Waals surface area contributed by atoms with Crippen LogP contribution in [0.3, 0.4) is 0 Å². The van der Waals surface area contributed by atoms with Crippen molar-refractivity contribution in [2.24, 2.45) is 0 Å². The zero-order valence-electron chi connectivity index (χ0n) is 11.7. The molecule has 0 atom stereocenters. The minimum absolute atomic E-state index is 1.09. The van der Waals surface area contributed by atoms with Gasteiger partial charge in [0.15, 0.2) is 0 Å². The Bertz CT molecular complexity index is 523. The second kappa shape index (κ2) is 6.94. The van der Waals surface area contributed by atoms with Crippen molar-refractivity contribution < 1.29 is 0 Å². The molecule has 0 saturated carbocycles. The number of hydrogen-bond acceptors (Lipinski definition) is 0. The average molecular weight is 250 g/mol. The van der Waals surface area contributed by atoms with Crippen molar-refractivity contribution in [1.82, 2.24) is 0 Å². The molecule has 0 saturated heterocycles. The highest BCUT2D eigenvalue weighted by molar-refractivity contribution is 5.29. The highest BCUT2D eigenvalue weighted by Crippen LogP contribution is 2.16. The van der Waals surface area contributed by atoms with Crippen molar-refractivity contribution in [2.45, 2.75) is 32.6 Å². The number of aryl methyl sites for hydroxylation is 3. The molecule has 0 spiro atoms. The highest BCUT2D eigenvalue weighted by atomic mass is 14.1. The van der Waals surface area contributed by atoms with E-state index in [2.05, 4.69) is 68.1 Å². The van der Waals surface area contributed by atoms with Crippen LogP contribution in [-0.2, 0) is 19.3 Å². The number of rotatable bonds is 6. The normalized spacial score (nSPS) is 10.4. The first-order valence-corrected chi connectivity index (χ1v) is 7.01. The molecular formula is C19H22. The molecule has 0 N–H and O–H groups in total. The van der Waals surface area contributed by atoms with Crippen LogP contribution in [0.5, 0.6) is 0 Å². The zero-order valence-corrected chi connectivity index (χ0v) is 11.7. The third-order valence-electron chi connectivity index (χ3n) is 3.47. The van der Waals surface area contributed by atoms with Crippen molar-refractivity contribution in [2.75, 3.05) is 0 Å². The molecule has 19 heavy (non-hydrogen) atoms. The van der Waals surface area contributed by atoms with Crippen LogP contribution in [-0.4, -0.2) is 0 Å². The minimum Gasteiger partial charge on any atom is -0.100 e. The summed E-state index contributed by atoms with van der Waals surface area (Å²) in [5.74, 6) is 0. The van der Waals surface area contributed by atoms with E-state index in [1.165, 1.54) is 22.3 Å². The number of allylic oxidation sites excluding steroid dienone is 1. The van der Waals surface area contributed by atoms with E-state index in [4.69, 9.17) is 0 Å². The first-order chi connectivity index (χ1) is 9.25. The van der Waals surface area contributed by atoms with Gasteiger partial charge in [-0.3, -0.25) is 0 Å². The Balaban J connectivity index is 2.01. The Morgan fingerprint density at radius 2 is 1.37 bits per heavy atom. The molecule has 0 amide bonds. The van der Waals surface area contributed by atoms with Gasteiger partial charge in [0.05, 0.1) is 0 Å². The summed E-state index contributed by atoms with van der Waals surface area (Å²) in [5, 5.41) is 0. The minimum atomic E-state index is 1.09. The maximum absolute atomic E-state index is 3.99. The van der Waals surface area contributed by atoms with E-state index in [0.29, 0.717) is 0 Å². The molecule has 98 valence electrons. The van der Waals surface area contributed by atoms with Gasteiger partial charge in [0, 0.05) is 0 Å². The number of benzene rings is 2. The first kappa shape index (κ1) is 13.6. The fourth-order valence-corrected chi connectivity index (χ4v) is 2.32. The van der Waals surface area contributed by atoms with Gasteiger partial charge in [0.1, 0.15) is 0 Å². The standard InChI is InChI=1S/C19H22/c1-16(2)12-14-18-10-6-7-11-19(18)15-13-17-8-4-3-5-9-17/h3-11H,1,12-15H2,2H3. The smallest absolute Gasteiger partial charge is 0.0236 e. The summed E-state index contributed by atoms with van der Waals surface area (Å²) in [6, 6.07) is 19.5. The summed E-state index contributed by atoms with van der Waals surface area (Å²) in [6.07, 6.45) is 4.43. The highest BCUT2D eigenvalue weighted by Gasteiger charge is 2.02. The maximum atomic E-state index is 3.99. The van der Waals surface area contributed by atoms with Gasteiger partial charge in [-0.25, -0.2) is 0 Å². The molecule has 0 unspecified atom stereocenters. The Morgan fingerprint density at radius 3 is 2.00 bits per heavy atom. The molecule has 0 heterocycles. The van der Waals surface area contributed by atoms with Crippen molar-refractivity contribution in [3.63, 3.8) is 0 Å². The van der Waals surface area contributed by atoms with Crippen LogP contribution in [0.1, 0.15) is 30.0 Å². The van der Waals surface area contributed by atoms with Gasteiger partial charge in [0.25, 0.3) is 0 Å². The average Bonchev–Trinajstić information content (AvgIpc) is 2.45. The van der Waals surface area contributed by atoms with Crippen molar-refractivity contribution in [3.05, 3.63) is 83.4 Å². The molecule has 0 aliphatic rings. The molecule has 0 heteroatoms. The van der Waals surface area contributed by atoms with Crippen LogP contribution in [0, 0.1) is 0 Å². The third-order valence-corrected chi connectivity index (χ3v) is 3.47. The van der Waals surface area contributed by atoms with Crippen LogP contribution in [0.4, 0.5) is 0 Å². The molecule has 2 rings (SSSR count). The van der Waals surface area contributed by atoms with Crippen LogP contribution in [0.15, 0.2) is 66.7 Å². The molecule has 2 aromatic carbocycles. The van der Waals surface area contributed by atoms with Crippen LogP contribution in [0.2, 0.25) is 0 Å². The lowest BCUT2D eigenvalue weighted by atomic mass is 9.96. The first-order valence-electron chi connectivity index (χ1n) is 7.01. The Hall–Kier alpha value is -1.82. The molecule has 0 nitrogen and oxygen atoms in total. The lowest BCUT2D eigenvalue weighted by Gasteiger charge is -2.09. The maximum Gasteiger partial charge on any atom is -0.0236 e. The van der Waals surface area contributed by atoms with E-state index < -0.39 is 0 Å². The second-order valence-electron chi connectivity index (χ2n) is 5.21. The van der Waals surface area contributed by atoms with Gasteiger partial charge in [-0.05, 0) is 49.3 Å². The molecule has 0 bridgehead atoms. The van der Waals surface area contributed by atoms with Crippen LogP contribution in [0.25, 0.3) is 0 Å². The van der Waals surface area contributed by atoms with E-state index >= 15 is 0 Å². The Labute approximate surface area is 116 Å². The van der Waals surface area contributed by atoms with Gasteiger partial charge in [0.2, 0.25) is 0 Å². The van der Waals surface area contributed by atoms with E-state index in [-0.39, 0.29) is 0 Å². The topological polar surface area (TPSA) is 0 Å². The largest absolute Gasteiger partial charge is 0.100 e. The van der Waals surface area contributed by atoms with E-state index in [9.17, 15) is 0 Å². The third kappa shape index (κ3) is 4.40. The lowest BCUT2D eigenvalue weighted by Crippen LogP contribution is -1.97. The van der Waals surface area contributed by atoms with E-state index in [0.717, 1.165) is 25.7 Å². The van der Waals surface area contributed by atoms with Crippen molar-refractivity contribution in [1.29, 1.82) is 0 Å². The fourth-order valence-electron chi connectivity index (χ4n) is 2.32. The molecule has 0 fully saturated rings. The summed E-state index contributed by atoms with van der Waals surface area (Å²) in [4.78, 5) is 0. The fraction of sp³-hybridized carbons (Fsp3) is 0.263. The van der Waals surface area contributed by atoms with Crippen molar-refractivity contribution >= 4 is 0 Å². The van der Waals surface area contributed by atoms with Gasteiger partial charge < -0.3 is 0 Å². The van der Waals surface area contributed by atoms with E-state index in [1.807, 2.05) is 0 Å². The predicted molar refractivity (Wildman–Crippen MR) is 83.4 cm³/mol. The summed E-state index contributed by atoms with van der Waals surface area (Å²) in [5.41, 5.74) is 5.63. The van der Waals surface area contributed by atoms with Gasteiger partial charge >= 0.3 is 0 Å². The predicted octanol–water partition coefficient (Wildman–Crippen LogP) is 4.98. The molecule has 2 aromatic rings. The Kier molecular flexibility index (Phi) is 4.97. The molecule has 0 radical (unpaired) electrons. The van der Waals surface area contributed by atoms with Crippen molar-refractivity contribution in [3.8, 4) is 0 Å². The second-order valence-corrected chi connectivity index (χ2v) is 5.21. The van der Waals surface area contributed by atoms with Crippen LogP contribution < -0.4 is 0 Å². The lowest BCUT2D eigenvalue weighted by molar-refractivity contribution is 0.888. The van der Waals surface area contributed by atoms with Crippen LogP contribution >= 0.6 is 0 Å². The molecule has 0 aliphatic carbocycles. The van der Waals surface area contributed by atoms with Gasteiger partial charge in [-0.1, -0.05) is 60.2 Å². The SMILES string of the molecule is C=C(C)CCc1ccccc1CCc1ccccc1. The van der Waals surface area contributed by atoms with Gasteiger partial charge in [-0.2, -0.15) is 0 Å². The Morgan fingerprint density at radius 1 is 0.789 bits per heavy atom. The summed E-state index contributed by atoms with van der Waals surface area (Å²) < 4.78 is 0. The monoisotopic (exact) mass is 250 g/mol.